The molecule has 0 saturated heterocycles. The van der Waals surface area contributed by atoms with Crippen LogP contribution in [0.1, 0.15) is 17.7 Å². The van der Waals surface area contributed by atoms with Crippen LogP contribution in [0.3, 0.4) is 0 Å². The number of H-pyrrole nitrogens is 1. The summed E-state index contributed by atoms with van der Waals surface area (Å²) in [6, 6.07) is 6.60. The number of aryl methyl sites for hydroxylation is 1. The van der Waals surface area contributed by atoms with Gasteiger partial charge in [-0.3, -0.25) is 0 Å². The molecular weight excluding hydrogens is 243 g/mol. The average Bonchev–Trinajstić information content (AvgIpc) is 2.93. The highest BCUT2D eigenvalue weighted by molar-refractivity contribution is 5.42. The van der Waals surface area contributed by atoms with E-state index in [1.165, 1.54) is 12.1 Å². The quantitative estimate of drug-likeness (QED) is 0.776. The number of hydrogen-bond donors (Lipinski definition) is 1. The summed E-state index contributed by atoms with van der Waals surface area (Å²) in [6.07, 6.45) is 9.16. The van der Waals surface area contributed by atoms with Gasteiger partial charge in [-0.2, -0.15) is 0 Å². The SMILES string of the molecule is Fc1ccc(CCCOC/C=C/c2c[nH]cn2)cc1. The number of halogens is 1. The predicted molar refractivity (Wildman–Crippen MR) is 73.2 cm³/mol. The molecule has 0 radical (unpaired) electrons. The molecule has 0 amide bonds. The normalized spacial score (nSPS) is 11.2. The molecule has 0 aliphatic rings. The summed E-state index contributed by atoms with van der Waals surface area (Å²) in [5.41, 5.74) is 2.03. The number of nitrogens with zero attached hydrogens (tertiary/aromatic N) is 1. The van der Waals surface area contributed by atoms with Crippen LogP contribution >= 0.6 is 0 Å². The van der Waals surface area contributed by atoms with Gasteiger partial charge < -0.3 is 9.72 Å². The van der Waals surface area contributed by atoms with Gasteiger partial charge >= 0.3 is 0 Å². The van der Waals surface area contributed by atoms with E-state index in [0.29, 0.717) is 13.2 Å². The minimum atomic E-state index is -0.191. The molecule has 4 heteroatoms. The molecule has 19 heavy (non-hydrogen) atoms. The van der Waals surface area contributed by atoms with Gasteiger partial charge in [-0.05, 0) is 36.6 Å². The van der Waals surface area contributed by atoms with E-state index in [4.69, 9.17) is 4.74 Å². The Labute approximate surface area is 112 Å². The second kappa shape index (κ2) is 7.48. The van der Waals surface area contributed by atoms with Crippen molar-refractivity contribution in [3.63, 3.8) is 0 Å². The topological polar surface area (TPSA) is 37.9 Å². The van der Waals surface area contributed by atoms with Crippen LogP contribution in [0.15, 0.2) is 42.9 Å². The fourth-order valence-corrected chi connectivity index (χ4v) is 1.71. The first-order chi connectivity index (χ1) is 9.34. The molecule has 0 spiro atoms. The molecule has 100 valence electrons. The molecule has 0 saturated carbocycles. The van der Waals surface area contributed by atoms with Crippen molar-refractivity contribution in [3.8, 4) is 0 Å². The maximum absolute atomic E-state index is 12.7. The van der Waals surface area contributed by atoms with E-state index in [2.05, 4.69) is 9.97 Å². The Bertz CT molecular complexity index is 491. The summed E-state index contributed by atoms with van der Waals surface area (Å²) < 4.78 is 18.2. The molecule has 2 aromatic rings. The van der Waals surface area contributed by atoms with Crippen LogP contribution in [0.2, 0.25) is 0 Å². The molecule has 1 N–H and O–H groups in total. The first-order valence-electron chi connectivity index (χ1n) is 6.32. The molecular formula is C15H17FN2O. The fourth-order valence-electron chi connectivity index (χ4n) is 1.71. The van der Waals surface area contributed by atoms with Crippen LogP contribution in [-0.2, 0) is 11.2 Å². The summed E-state index contributed by atoms with van der Waals surface area (Å²) in [7, 11) is 0. The van der Waals surface area contributed by atoms with Gasteiger partial charge in [0.15, 0.2) is 0 Å². The number of benzene rings is 1. The zero-order valence-electron chi connectivity index (χ0n) is 10.7. The van der Waals surface area contributed by atoms with Gasteiger partial charge in [0.2, 0.25) is 0 Å². The van der Waals surface area contributed by atoms with Gasteiger partial charge in [-0.25, -0.2) is 9.37 Å². The molecule has 0 aliphatic heterocycles. The van der Waals surface area contributed by atoms with Gasteiger partial charge in [-0.1, -0.05) is 18.2 Å². The fraction of sp³-hybridized carbons (Fsp3) is 0.267. The number of nitrogens with one attached hydrogen (secondary N) is 1. The molecule has 3 nitrogen and oxygen atoms in total. The van der Waals surface area contributed by atoms with Gasteiger partial charge in [0.1, 0.15) is 5.82 Å². The van der Waals surface area contributed by atoms with Crippen molar-refractivity contribution >= 4 is 6.08 Å². The summed E-state index contributed by atoms with van der Waals surface area (Å²) >= 11 is 0. The van der Waals surface area contributed by atoms with E-state index >= 15 is 0 Å². The largest absolute Gasteiger partial charge is 0.377 e. The maximum Gasteiger partial charge on any atom is 0.123 e. The summed E-state index contributed by atoms with van der Waals surface area (Å²) in [5, 5.41) is 0. The van der Waals surface area contributed by atoms with Crippen molar-refractivity contribution in [2.75, 3.05) is 13.2 Å². The van der Waals surface area contributed by atoms with Crippen LogP contribution < -0.4 is 0 Å². The first-order valence-corrected chi connectivity index (χ1v) is 6.32. The molecule has 0 fully saturated rings. The number of aromatic amines is 1. The monoisotopic (exact) mass is 260 g/mol. The molecule has 0 atom stereocenters. The standard InChI is InChI=1S/C15H17FN2O/c16-14-7-5-13(6-8-14)3-1-9-19-10-2-4-15-11-17-12-18-15/h2,4-8,11-12H,1,3,9-10H2,(H,17,18)/b4-2+. The number of aromatic nitrogens is 2. The summed E-state index contributed by atoms with van der Waals surface area (Å²) in [5.74, 6) is -0.191. The first kappa shape index (κ1) is 13.5. The molecule has 0 unspecified atom stereocenters. The molecule has 1 aromatic carbocycles. The number of imidazole rings is 1. The highest BCUT2D eigenvalue weighted by Gasteiger charge is 1.94. The van der Waals surface area contributed by atoms with E-state index in [1.807, 2.05) is 30.5 Å². The molecule has 0 aliphatic carbocycles. The average molecular weight is 260 g/mol. The van der Waals surface area contributed by atoms with Gasteiger partial charge in [0.25, 0.3) is 0 Å². The van der Waals surface area contributed by atoms with Crippen molar-refractivity contribution in [3.05, 3.63) is 59.9 Å². The van der Waals surface area contributed by atoms with E-state index < -0.39 is 0 Å². The third-order valence-electron chi connectivity index (χ3n) is 2.69. The minimum absolute atomic E-state index is 0.191. The third kappa shape index (κ3) is 5.06. The lowest BCUT2D eigenvalue weighted by atomic mass is 10.1. The van der Waals surface area contributed by atoms with Crippen molar-refractivity contribution in [1.82, 2.24) is 9.97 Å². The van der Waals surface area contributed by atoms with E-state index in [9.17, 15) is 4.39 Å². The zero-order chi connectivity index (χ0) is 13.3. The second-order valence-electron chi connectivity index (χ2n) is 4.20. The lowest BCUT2D eigenvalue weighted by Gasteiger charge is -2.02. The number of ether oxygens (including phenoxy) is 1. The summed E-state index contributed by atoms with van der Waals surface area (Å²) in [6.45, 7) is 1.28. The van der Waals surface area contributed by atoms with Crippen molar-refractivity contribution in [2.24, 2.45) is 0 Å². The number of rotatable bonds is 7. The Morgan fingerprint density at radius 1 is 1.26 bits per heavy atom. The Morgan fingerprint density at radius 2 is 2.11 bits per heavy atom. The minimum Gasteiger partial charge on any atom is -0.377 e. The van der Waals surface area contributed by atoms with Crippen LogP contribution in [0.4, 0.5) is 4.39 Å². The van der Waals surface area contributed by atoms with Crippen molar-refractivity contribution in [2.45, 2.75) is 12.8 Å². The highest BCUT2D eigenvalue weighted by Crippen LogP contribution is 2.05. The van der Waals surface area contributed by atoms with Crippen LogP contribution in [0, 0.1) is 5.82 Å². The van der Waals surface area contributed by atoms with Gasteiger partial charge in [0.05, 0.1) is 18.6 Å². The van der Waals surface area contributed by atoms with Crippen molar-refractivity contribution < 1.29 is 9.13 Å². The lowest BCUT2D eigenvalue weighted by Crippen LogP contribution is -1.96. The van der Waals surface area contributed by atoms with E-state index in [-0.39, 0.29) is 5.82 Å². The van der Waals surface area contributed by atoms with Gasteiger partial charge in [-0.15, -0.1) is 0 Å². The molecule has 0 bridgehead atoms. The Morgan fingerprint density at radius 3 is 2.84 bits per heavy atom. The summed E-state index contributed by atoms with van der Waals surface area (Å²) in [4.78, 5) is 6.95. The third-order valence-corrected chi connectivity index (χ3v) is 2.69. The Balaban J connectivity index is 1.56. The molecule has 1 heterocycles. The highest BCUT2D eigenvalue weighted by atomic mass is 19.1. The second-order valence-corrected chi connectivity index (χ2v) is 4.20. The molecule has 2 rings (SSSR count). The van der Waals surface area contributed by atoms with E-state index in [1.54, 1.807) is 6.33 Å². The zero-order valence-corrected chi connectivity index (χ0v) is 10.7. The van der Waals surface area contributed by atoms with Crippen LogP contribution in [0.5, 0.6) is 0 Å². The smallest absolute Gasteiger partial charge is 0.123 e. The van der Waals surface area contributed by atoms with Gasteiger partial charge in [0, 0.05) is 12.8 Å². The Hall–Kier alpha value is -1.94. The van der Waals surface area contributed by atoms with Crippen LogP contribution in [0.25, 0.3) is 6.08 Å². The van der Waals surface area contributed by atoms with Crippen molar-refractivity contribution in [1.29, 1.82) is 0 Å². The number of hydrogen-bond acceptors (Lipinski definition) is 2. The Kier molecular flexibility index (Phi) is 5.31. The molecule has 1 aromatic heterocycles. The maximum atomic E-state index is 12.7. The van der Waals surface area contributed by atoms with E-state index in [0.717, 1.165) is 24.1 Å². The lowest BCUT2D eigenvalue weighted by molar-refractivity contribution is 0.160. The predicted octanol–water partition coefficient (Wildman–Crippen LogP) is 3.21. The van der Waals surface area contributed by atoms with Crippen LogP contribution in [-0.4, -0.2) is 23.2 Å².